The van der Waals surface area contributed by atoms with Crippen LogP contribution in [0.5, 0.6) is 0 Å². The largest absolute Gasteiger partial charge is 0.456 e. The number of rotatable bonds is 6. The van der Waals surface area contributed by atoms with Crippen molar-refractivity contribution in [3.8, 4) is 33.4 Å². The van der Waals surface area contributed by atoms with E-state index >= 15 is 0 Å². The third-order valence-electron chi connectivity index (χ3n) is 10.2. The van der Waals surface area contributed by atoms with Gasteiger partial charge in [0.15, 0.2) is 0 Å². The van der Waals surface area contributed by atoms with Gasteiger partial charge >= 0.3 is 0 Å². The van der Waals surface area contributed by atoms with Gasteiger partial charge in [-0.3, -0.25) is 0 Å². The summed E-state index contributed by atoms with van der Waals surface area (Å²) < 4.78 is 6.16. The predicted molar refractivity (Wildman–Crippen MR) is 220 cm³/mol. The van der Waals surface area contributed by atoms with Crippen LogP contribution in [0, 0.1) is 0 Å². The Morgan fingerprint density at radius 3 is 1.60 bits per heavy atom. The maximum Gasteiger partial charge on any atom is 0.136 e. The molecular formula is C50H33NO. The Morgan fingerprint density at radius 2 is 0.808 bits per heavy atom. The first kappa shape index (κ1) is 30.0. The van der Waals surface area contributed by atoms with Gasteiger partial charge in [-0.05, 0) is 122 Å². The minimum atomic E-state index is 0.922. The van der Waals surface area contributed by atoms with Crippen LogP contribution in [0.1, 0.15) is 0 Å². The molecule has 0 saturated carbocycles. The van der Waals surface area contributed by atoms with Gasteiger partial charge in [0, 0.05) is 27.8 Å². The lowest BCUT2D eigenvalue weighted by Gasteiger charge is -2.26. The summed E-state index contributed by atoms with van der Waals surface area (Å²) in [7, 11) is 0. The van der Waals surface area contributed by atoms with Gasteiger partial charge in [-0.25, -0.2) is 0 Å². The van der Waals surface area contributed by atoms with Gasteiger partial charge in [0.1, 0.15) is 11.2 Å². The summed E-state index contributed by atoms with van der Waals surface area (Å²) in [5, 5.41) is 7.16. The molecule has 0 saturated heterocycles. The highest BCUT2D eigenvalue weighted by Crippen LogP contribution is 2.39. The topological polar surface area (TPSA) is 16.4 Å². The van der Waals surface area contributed by atoms with Crippen LogP contribution in [0.3, 0.4) is 0 Å². The summed E-state index contributed by atoms with van der Waals surface area (Å²) in [6, 6.07) is 71.9. The summed E-state index contributed by atoms with van der Waals surface area (Å²) in [6.45, 7) is 0. The molecule has 0 aliphatic carbocycles. The molecule has 0 atom stereocenters. The standard InChI is InChI=1S/C50H33NO/c1-2-9-34(10-3-1)36-21-25-44(26-22-36)51(46-14-8-13-39(31-46)41-18-17-35-11-4-5-12-38(35)29-41)45-27-23-37(24-28-45)40-19-20-42-33-50-48(32-43(42)30-40)47-15-6-7-16-49(47)52-50/h1-33H. The molecule has 0 spiro atoms. The second-order valence-electron chi connectivity index (χ2n) is 13.4. The second-order valence-corrected chi connectivity index (χ2v) is 13.4. The van der Waals surface area contributed by atoms with Gasteiger partial charge in [-0.15, -0.1) is 0 Å². The van der Waals surface area contributed by atoms with Crippen LogP contribution in [-0.2, 0) is 0 Å². The third-order valence-corrected chi connectivity index (χ3v) is 10.2. The van der Waals surface area contributed by atoms with Crippen LogP contribution < -0.4 is 4.90 Å². The van der Waals surface area contributed by atoms with Crippen molar-refractivity contribution in [1.82, 2.24) is 0 Å². The molecule has 0 radical (unpaired) electrons. The number of hydrogen-bond donors (Lipinski definition) is 0. The Kier molecular flexibility index (Phi) is 7.18. The lowest BCUT2D eigenvalue weighted by atomic mass is 9.99. The highest BCUT2D eigenvalue weighted by molar-refractivity contribution is 6.10. The van der Waals surface area contributed by atoms with E-state index in [-0.39, 0.29) is 0 Å². The zero-order valence-electron chi connectivity index (χ0n) is 28.4. The quantitative estimate of drug-likeness (QED) is 0.176. The van der Waals surface area contributed by atoms with Crippen LogP contribution in [0.2, 0.25) is 0 Å². The molecule has 0 bridgehead atoms. The van der Waals surface area contributed by atoms with Crippen molar-refractivity contribution in [2.75, 3.05) is 4.90 Å². The normalized spacial score (nSPS) is 11.5. The molecule has 244 valence electrons. The van der Waals surface area contributed by atoms with Crippen LogP contribution in [0.15, 0.2) is 205 Å². The number of fused-ring (bicyclic) bond motifs is 5. The van der Waals surface area contributed by atoms with Crippen LogP contribution in [0.25, 0.3) is 76.9 Å². The summed E-state index contributed by atoms with van der Waals surface area (Å²) in [5.41, 5.74) is 12.3. The van der Waals surface area contributed by atoms with E-state index in [1.807, 2.05) is 12.1 Å². The van der Waals surface area contributed by atoms with Crippen LogP contribution >= 0.6 is 0 Å². The predicted octanol–water partition coefficient (Wildman–Crippen LogP) is 14.4. The SMILES string of the molecule is c1ccc(-c2ccc(N(c3ccc(-c4ccc5cc6oc7ccccc7c6cc5c4)cc3)c3cccc(-c4ccc5ccccc5c4)c3)cc2)cc1. The van der Waals surface area contributed by atoms with E-state index in [4.69, 9.17) is 4.42 Å². The molecule has 1 heterocycles. The fraction of sp³-hybridized carbons (Fsp3) is 0. The lowest BCUT2D eigenvalue weighted by molar-refractivity contribution is 0.669. The van der Waals surface area contributed by atoms with Crippen molar-refractivity contribution in [3.63, 3.8) is 0 Å². The molecular weight excluding hydrogens is 631 g/mol. The minimum Gasteiger partial charge on any atom is -0.456 e. The van der Waals surface area contributed by atoms with Crippen molar-refractivity contribution < 1.29 is 4.42 Å². The van der Waals surface area contributed by atoms with E-state index < -0.39 is 0 Å². The Bertz CT molecular complexity index is 2890. The number of benzene rings is 9. The first-order chi connectivity index (χ1) is 25.7. The summed E-state index contributed by atoms with van der Waals surface area (Å²) in [5.74, 6) is 0. The molecule has 0 amide bonds. The molecule has 52 heavy (non-hydrogen) atoms. The number of anilines is 3. The first-order valence-corrected chi connectivity index (χ1v) is 17.7. The molecule has 0 fully saturated rings. The van der Waals surface area contributed by atoms with Gasteiger partial charge in [-0.2, -0.15) is 0 Å². The lowest BCUT2D eigenvalue weighted by Crippen LogP contribution is -2.10. The molecule has 10 rings (SSSR count). The van der Waals surface area contributed by atoms with Crippen LogP contribution in [0.4, 0.5) is 17.1 Å². The van der Waals surface area contributed by atoms with Gasteiger partial charge in [-0.1, -0.05) is 133 Å². The van der Waals surface area contributed by atoms with E-state index in [0.717, 1.165) is 39.0 Å². The number of para-hydroxylation sites is 1. The van der Waals surface area contributed by atoms with Gasteiger partial charge in [0.2, 0.25) is 0 Å². The first-order valence-electron chi connectivity index (χ1n) is 17.7. The third kappa shape index (κ3) is 5.39. The average Bonchev–Trinajstić information content (AvgIpc) is 3.58. The number of furan rings is 1. The van der Waals surface area contributed by atoms with Crippen molar-refractivity contribution >= 4 is 60.5 Å². The molecule has 2 heteroatoms. The number of nitrogens with zero attached hydrogens (tertiary/aromatic N) is 1. The fourth-order valence-corrected chi connectivity index (χ4v) is 7.53. The molecule has 0 unspecified atom stereocenters. The molecule has 1 aromatic heterocycles. The zero-order chi connectivity index (χ0) is 34.4. The van der Waals surface area contributed by atoms with Crippen molar-refractivity contribution in [1.29, 1.82) is 0 Å². The van der Waals surface area contributed by atoms with Crippen molar-refractivity contribution in [2.24, 2.45) is 0 Å². The van der Waals surface area contributed by atoms with E-state index in [1.165, 1.54) is 54.9 Å². The maximum absolute atomic E-state index is 6.16. The monoisotopic (exact) mass is 663 g/mol. The Labute approximate surface area is 302 Å². The summed E-state index contributed by atoms with van der Waals surface area (Å²) >= 11 is 0. The molecule has 0 N–H and O–H groups in total. The van der Waals surface area contributed by atoms with Crippen molar-refractivity contribution in [2.45, 2.75) is 0 Å². The Balaban J connectivity index is 1.04. The van der Waals surface area contributed by atoms with E-state index in [0.29, 0.717) is 0 Å². The van der Waals surface area contributed by atoms with Crippen LogP contribution in [-0.4, -0.2) is 0 Å². The zero-order valence-corrected chi connectivity index (χ0v) is 28.4. The second kappa shape index (κ2) is 12.5. The van der Waals surface area contributed by atoms with E-state index in [1.54, 1.807) is 0 Å². The Hall–Kier alpha value is -6.90. The fourth-order valence-electron chi connectivity index (χ4n) is 7.53. The van der Waals surface area contributed by atoms with E-state index in [2.05, 4.69) is 193 Å². The smallest absolute Gasteiger partial charge is 0.136 e. The van der Waals surface area contributed by atoms with Crippen molar-refractivity contribution in [3.05, 3.63) is 200 Å². The van der Waals surface area contributed by atoms with E-state index in [9.17, 15) is 0 Å². The van der Waals surface area contributed by atoms with Gasteiger partial charge in [0.25, 0.3) is 0 Å². The Morgan fingerprint density at radius 1 is 0.269 bits per heavy atom. The molecule has 9 aromatic carbocycles. The van der Waals surface area contributed by atoms with Gasteiger partial charge in [0.05, 0.1) is 0 Å². The molecule has 0 aliphatic rings. The molecule has 0 aliphatic heterocycles. The minimum absolute atomic E-state index is 0.922. The molecule has 10 aromatic rings. The molecule has 2 nitrogen and oxygen atoms in total. The summed E-state index contributed by atoms with van der Waals surface area (Å²) in [4.78, 5) is 2.35. The average molecular weight is 664 g/mol. The highest BCUT2D eigenvalue weighted by atomic mass is 16.3. The number of hydrogen-bond acceptors (Lipinski definition) is 2. The maximum atomic E-state index is 6.16. The van der Waals surface area contributed by atoms with Gasteiger partial charge < -0.3 is 9.32 Å². The highest BCUT2D eigenvalue weighted by Gasteiger charge is 2.15. The summed E-state index contributed by atoms with van der Waals surface area (Å²) in [6.07, 6.45) is 0.